The molecular formula is C38H46N4O11S. The molecule has 15 nitrogen and oxygen atoms in total. The van der Waals surface area contributed by atoms with E-state index in [2.05, 4.69) is 21.9 Å². The number of primary sulfonamides is 1. The van der Waals surface area contributed by atoms with Gasteiger partial charge in [0, 0.05) is 41.0 Å². The minimum atomic E-state index is -3.90. The smallest absolute Gasteiger partial charge is 0.238 e. The quantitative estimate of drug-likeness (QED) is 0.0529. The Hall–Kier alpha value is -4.99. The number of rotatable bonds is 26. The number of anilines is 3. The predicted octanol–water partition coefficient (Wildman–Crippen LogP) is 3.36. The van der Waals surface area contributed by atoms with Crippen LogP contribution in [-0.2, 0) is 48.1 Å². The van der Waals surface area contributed by atoms with E-state index in [1.54, 1.807) is 48.5 Å². The molecule has 5 N–H and O–H groups in total. The van der Waals surface area contributed by atoms with Gasteiger partial charge < -0.3 is 39.6 Å². The Balaban J connectivity index is 1.25. The molecule has 0 saturated carbocycles. The van der Waals surface area contributed by atoms with Crippen LogP contribution in [0, 0.1) is 12.3 Å². The van der Waals surface area contributed by atoms with E-state index >= 15 is 0 Å². The van der Waals surface area contributed by atoms with Gasteiger partial charge in [0.1, 0.15) is 6.61 Å². The topological polar surface area (TPSA) is 211 Å². The van der Waals surface area contributed by atoms with Gasteiger partial charge in [-0.25, -0.2) is 13.6 Å². The molecule has 54 heavy (non-hydrogen) atoms. The molecule has 0 spiro atoms. The van der Waals surface area contributed by atoms with Gasteiger partial charge in [-0.3, -0.25) is 19.2 Å². The van der Waals surface area contributed by atoms with E-state index in [1.807, 2.05) is 0 Å². The number of terminal acetylenes is 1. The molecule has 0 fully saturated rings. The third-order valence-corrected chi connectivity index (χ3v) is 8.17. The molecule has 3 rings (SSSR count). The number of hydrogen-bond acceptors (Lipinski definition) is 11. The zero-order valence-corrected chi connectivity index (χ0v) is 30.7. The van der Waals surface area contributed by atoms with Crippen LogP contribution in [0.3, 0.4) is 0 Å². The lowest BCUT2D eigenvalue weighted by Gasteiger charge is -2.09. The third-order valence-electron chi connectivity index (χ3n) is 7.26. The van der Waals surface area contributed by atoms with E-state index in [0.29, 0.717) is 75.4 Å². The second kappa shape index (κ2) is 24.3. The van der Waals surface area contributed by atoms with E-state index in [-0.39, 0.29) is 73.0 Å². The summed E-state index contributed by atoms with van der Waals surface area (Å²) in [5, 5.41) is 13.2. The minimum absolute atomic E-state index is 0.0379. The molecule has 0 aromatic heterocycles. The van der Waals surface area contributed by atoms with Crippen LogP contribution in [0.25, 0.3) is 0 Å². The van der Waals surface area contributed by atoms with Gasteiger partial charge in [0.05, 0.1) is 70.8 Å². The molecule has 0 radical (unpaired) electrons. The maximum Gasteiger partial charge on any atom is 0.238 e. The summed E-state index contributed by atoms with van der Waals surface area (Å²) in [6.07, 6.45) is 5.59. The van der Waals surface area contributed by atoms with Crippen LogP contribution < -0.4 is 21.1 Å². The van der Waals surface area contributed by atoms with Gasteiger partial charge in [-0.1, -0.05) is 12.0 Å². The maximum absolute atomic E-state index is 13.0. The number of benzene rings is 3. The molecule has 0 heterocycles. The number of carbonyl (C=O) groups is 4. The van der Waals surface area contributed by atoms with Crippen molar-refractivity contribution < 1.29 is 51.3 Å². The Kier molecular flexibility index (Phi) is 19.6. The van der Waals surface area contributed by atoms with Crippen molar-refractivity contribution in [1.82, 2.24) is 0 Å². The number of ketones is 1. The van der Waals surface area contributed by atoms with Crippen molar-refractivity contribution in [3.8, 4) is 12.3 Å². The monoisotopic (exact) mass is 766 g/mol. The molecule has 3 aromatic carbocycles. The van der Waals surface area contributed by atoms with Crippen LogP contribution in [0.4, 0.5) is 17.1 Å². The maximum atomic E-state index is 13.0. The van der Waals surface area contributed by atoms with E-state index in [0.717, 1.165) is 0 Å². The summed E-state index contributed by atoms with van der Waals surface area (Å²) < 4.78 is 49.7. The highest BCUT2D eigenvalue weighted by atomic mass is 32.2. The first-order valence-corrected chi connectivity index (χ1v) is 18.7. The van der Waals surface area contributed by atoms with Crippen LogP contribution in [0.1, 0.15) is 41.6 Å². The van der Waals surface area contributed by atoms with Gasteiger partial charge in [-0.2, -0.15) is 0 Å². The molecule has 0 saturated heterocycles. The van der Waals surface area contributed by atoms with Gasteiger partial charge in [0.2, 0.25) is 27.7 Å². The standard InChI is InChI=1S/C38H46N4O11S/c1-2-18-49-20-22-51-24-26-53-27-25-52-23-21-50-19-17-37(45)41-32-15-11-30(12-16-32)38(46)29-9-13-31(14-10-29)40-35(43)7-4-8-36(44)42-33-5-3-6-34(28-33)54(39,47)48/h1,3,5-6,9-16,28H,4,7-8,17-27H2,(H,40,43)(H,41,45)(H,42,44)(H2,39,47,48). The largest absolute Gasteiger partial charge is 0.379 e. The number of nitrogens with one attached hydrogen (secondary N) is 3. The molecule has 0 aliphatic rings. The number of carbonyl (C=O) groups excluding carboxylic acids is 4. The van der Waals surface area contributed by atoms with E-state index in [4.69, 9.17) is 35.2 Å². The van der Waals surface area contributed by atoms with Crippen molar-refractivity contribution in [3.63, 3.8) is 0 Å². The lowest BCUT2D eigenvalue weighted by atomic mass is 10.0. The Morgan fingerprint density at radius 2 is 1.00 bits per heavy atom. The fourth-order valence-corrected chi connectivity index (χ4v) is 5.14. The zero-order chi connectivity index (χ0) is 39.0. The van der Waals surface area contributed by atoms with E-state index < -0.39 is 10.0 Å². The molecule has 3 amide bonds. The van der Waals surface area contributed by atoms with Crippen molar-refractivity contribution >= 4 is 50.6 Å². The van der Waals surface area contributed by atoms with Crippen molar-refractivity contribution in [1.29, 1.82) is 0 Å². The summed E-state index contributed by atoms with van der Waals surface area (Å²) in [4.78, 5) is 49.8. The minimum Gasteiger partial charge on any atom is -0.379 e. The highest BCUT2D eigenvalue weighted by Gasteiger charge is 2.13. The zero-order valence-electron chi connectivity index (χ0n) is 29.9. The molecule has 16 heteroatoms. The number of amides is 3. The fraction of sp³-hybridized carbons (Fsp3) is 0.368. The lowest BCUT2D eigenvalue weighted by molar-refractivity contribution is -0.118. The summed E-state index contributed by atoms with van der Waals surface area (Å²) in [5.41, 5.74) is 2.13. The van der Waals surface area contributed by atoms with Crippen molar-refractivity contribution in [2.75, 3.05) is 82.0 Å². The van der Waals surface area contributed by atoms with Gasteiger partial charge in [-0.15, -0.1) is 6.42 Å². The normalized spacial score (nSPS) is 11.0. The molecule has 0 atom stereocenters. The van der Waals surface area contributed by atoms with Gasteiger partial charge in [0.15, 0.2) is 5.78 Å². The van der Waals surface area contributed by atoms with Crippen LogP contribution >= 0.6 is 0 Å². The van der Waals surface area contributed by atoms with Gasteiger partial charge in [-0.05, 0) is 73.2 Å². The third kappa shape index (κ3) is 17.7. The molecule has 0 bridgehead atoms. The van der Waals surface area contributed by atoms with Crippen molar-refractivity contribution in [2.24, 2.45) is 5.14 Å². The lowest BCUT2D eigenvalue weighted by Crippen LogP contribution is -2.16. The number of nitrogens with two attached hydrogens (primary N) is 1. The van der Waals surface area contributed by atoms with Gasteiger partial charge >= 0.3 is 0 Å². The first-order chi connectivity index (χ1) is 26.0. The molecule has 290 valence electrons. The molecule has 3 aromatic rings. The number of sulfonamides is 1. The summed E-state index contributed by atoms with van der Waals surface area (Å²) in [5.74, 6) is 1.21. The summed E-state index contributed by atoms with van der Waals surface area (Å²) >= 11 is 0. The highest BCUT2D eigenvalue weighted by Crippen LogP contribution is 2.18. The number of hydrogen-bond donors (Lipinski definition) is 4. The van der Waals surface area contributed by atoms with E-state index in [1.165, 1.54) is 24.3 Å². The molecule has 0 aliphatic carbocycles. The molecule has 0 aliphatic heterocycles. The second-order valence-electron chi connectivity index (χ2n) is 11.5. The van der Waals surface area contributed by atoms with Crippen LogP contribution in [0.2, 0.25) is 0 Å². The predicted molar refractivity (Wildman–Crippen MR) is 201 cm³/mol. The van der Waals surface area contributed by atoms with Crippen molar-refractivity contribution in [2.45, 2.75) is 30.6 Å². The van der Waals surface area contributed by atoms with E-state index in [9.17, 15) is 27.6 Å². The first-order valence-electron chi connectivity index (χ1n) is 17.1. The Morgan fingerprint density at radius 3 is 1.46 bits per heavy atom. The van der Waals surface area contributed by atoms with Crippen molar-refractivity contribution in [3.05, 3.63) is 83.9 Å². The Bertz CT molecular complexity index is 1790. The fourth-order valence-electron chi connectivity index (χ4n) is 4.58. The second-order valence-corrected chi connectivity index (χ2v) is 13.1. The average molecular weight is 767 g/mol. The summed E-state index contributed by atoms with van der Waals surface area (Å²) in [6.45, 7) is 3.85. The average Bonchev–Trinajstić information content (AvgIpc) is 3.14. The summed E-state index contributed by atoms with van der Waals surface area (Å²) in [6, 6.07) is 18.5. The van der Waals surface area contributed by atoms with Crippen LogP contribution in [0.15, 0.2) is 77.7 Å². The number of ether oxygens (including phenoxy) is 5. The highest BCUT2D eigenvalue weighted by molar-refractivity contribution is 7.89. The Labute approximate surface area is 315 Å². The van der Waals surface area contributed by atoms with Gasteiger partial charge in [0.25, 0.3) is 0 Å². The molecular weight excluding hydrogens is 721 g/mol. The Morgan fingerprint density at radius 1 is 0.574 bits per heavy atom. The van der Waals surface area contributed by atoms with Crippen LogP contribution in [0.5, 0.6) is 0 Å². The van der Waals surface area contributed by atoms with Crippen LogP contribution in [-0.4, -0.2) is 98.0 Å². The SMILES string of the molecule is C#CCOCCOCCOCCOCCOCCC(=O)Nc1ccc(C(=O)c2ccc(NC(=O)CCCC(=O)Nc3cccc(S(N)(=O)=O)c3)cc2)cc1. The molecule has 0 unspecified atom stereocenters. The summed E-state index contributed by atoms with van der Waals surface area (Å²) in [7, 11) is -3.90. The first kappa shape index (κ1) is 43.4.